The summed E-state index contributed by atoms with van der Waals surface area (Å²) in [5.41, 5.74) is 0. The summed E-state index contributed by atoms with van der Waals surface area (Å²) in [6.45, 7) is 11.6. The predicted molar refractivity (Wildman–Crippen MR) is 333 cm³/mol. The van der Waals surface area contributed by atoms with Crippen molar-refractivity contribution in [1.82, 2.24) is 0 Å². The Morgan fingerprint density at radius 1 is 0.263 bits per heavy atom. The quantitative estimate of drug-likeness (QED) is 0.0483. The van der Waals surface area contributed by atoms with Gasteiger partial charge in [0.2, 0.25) is 0 Å². The average molecular weight is 1080 g/mol. The first kappa shape index (κ1) is 75.5. The molecule has 1 N–H and O–H groups in total. The lowest BCUT2D eigenvalue weighted by atomic mass is 10.0. The molecule has 0 aliphatic heterocycles. The molecule has 0 unspecified atom stereocenters. The summed E-state index contributed by atoms with van der Waals surface area (Å²) in [5.74, 6) is 0. The van der Waals surface area contributed by atoms with E-state index in [9.17, 15) is 9.90 Å². The zero-order chi connectivity index (χ0) is 55.0. The molecule has 0 heterocycles. The van der Waals surface area contributed by atoms with Gasteiger partial charge in [-0.15, -0.1) is 0 Å². The molecule has 6 heteroatoms. The van der Waals surface area contributed by atoms with Gasteiger partial charge in [-0.25, -0.2) is 0 Å². The second-order valence-corrected chi connectivity index (χ2v) is 24.2. The fraction of sp³-hybridized carbons (Fsp3) is 0.986. The van der Waals surface area contributed by atoms with Gasteiger partial charge < -0.3 is 28.8 Å². The molecule has 0 saturated carbocycles. The minimum absolute atomic E-state index is 0.186. The highest BCUT2D eigenvalue weighted by Crippen LogP contribution is 2.22. The zero-order valence-corrected chi connectivity index (χ0v) is 52.5. The van der Waals surface area contributed by atoms with Gasteiger partial charge in [0.05, 0.1) is 6.61 Å². The lowest BCUT2D eigenvalue weighted by Gasteiger charge is -2.34. The Bertz CT molecular complexity index is 1040. The SMILES string of the molecule is CCCCCCCCCCCCCCCCOC[C@@H](O)[C@@H](OCCCCCCCCCCCCCCCC)[C@H](OCCCCCCCCCCCCCCCC)[C@H](C=O)OCCCCCCCCCCCCCCCC. The van der Waals surface area contributed by atoms with E-state index >= 15 is 0 Å². The Morgan fingerprint density at radius 2 is 0.461 bits per heavy atom. The zero-order valence-electron chi connectivity index (χ0n) is 52.5. The molecule has 6 nitrogen and oxygen atoms in total. The molecule has 0 fully saturated rings. The van der Waals surface area contributed by atoms with Gasteiger partial charge in [-0.05, 0) is 25.7 Å². The molecule has 0 rings (SSSR count). The van der Waals surface area contributed by atoms with E-state index in [1.807, 2.05) is 0 Å². The summed E-state index contributed by atoms with van der Waals surface area (Å²) in [5, 5.41) is 11.9. The van der Waals surface area contributed by atoms with Crippen molar-refractivity contribution in [1.29, 1.82) is 0 Å². The first-order valence-electron chi connectivity index (χ1n) is 35.2. The van der Waals surface area contributed by atoms with Crippen LogP contribution in [0.4, 0.5) is 0 Å². The van der Waals surface area contributed by atoms with Crippen LogP contribution in [0.3, 0.4) is 0 Å². The van der Waals surface area contributed by atoms with Crippen LogP contribution in [0.25, 0.3) is 0 Å². The maximum atomic E-state index is 13.0. The van der Waals surface area contributed by atoms with Gasteiger partial charge in [-0.2, -0.15) is 0 Å². The van der Waals surface area contributed by atoms with Crippen LogP contribution < -0.4 is 0 Å². The maximum Gasteiger partial charge on any atom is 0.151 e. The van der Waals surface area contributed by atoms with Gasteiger partial charge in [0.25, 0.3) is 0 Å². The number of ether oxygens (including phenoxy) is 4. The second-order valence-electron chi connectivity index (χ2n) is 24.2. The normalized spacial score (nSPS) is 13.4. The fourth-order valence-corrected chi connectivity index (χ4v) is 11.3. The summed E-state index contributed by atoms with van der Waals surface area (Å²) in [6, 6.07) is 0. The van der Waals surface area contributed by atoms with Gasteiger partial charge in [-0.1, -0.05) is 362 Å². The van der Waals surface area contributed by atoms with E-state index in [4.69, 9.17) is 18.9 Å². The Kier molecular flexibility index (Phi) is 66.5. The molecule has 0 saturated heterocycles. The standard InChI is InChI=1S/C70H140O6/c1-5-9-13-17-21-25-29-33-37-41-45-49-53-57-61-73-66-67(72)69(75-63-59-55-51-47-43-39-35-31-27-23-19-15-11-7-3)70(76-64-60-56-52-48-44-40-36-32-28-24-20-16-12-8-4)68(65-71)74-62-58-54-50-46-42-38-34-30-26-22-18-14-10-6-2/h65,67-70,72H,5-64,66H2,1-4H3/t67-,68+,69-,70-/m1/s1. The van der Waals surface area contributed by atoms with E-state index in [0.29, 0.717) is 26.4 Å². The van der Waals surface area contributed by atoms with Crippen LogP contribution in [0, 0.1) is 0 Å². The predicted octanol–water partition coefficient (Wildman–Crippen LogP) is 22.6. The molecule has 456 valence electrons. The summed E-state index contributed by atoms with van der Waals surface area (Å²) in [6.07, 6.45) is 71.5. The van der Waals surface area contributed by atoms with E-state index in [1.54, 1.807) is 0 Å². The number of aliphatic hydroxyl groups excluding tert-OH is 1. The van der Waals surface area contributed by atoms with Gasteiger partial charge in [0.1, 0.15) is 24.4 Å². The largest absolute Gasteiger partial charge is 0.388 e. The van der Waals surface area contributed by atoms with E-state index < -0.39 is 24.4 Å². The Balaban J connectivity index is 5.27. The lowest BCUT2D eigenvalue weighted by molar-refractivity contribution is -0.178. The molecule has 0 aromatic rings. The van der Waals surface area contributed by atoms with Crippen LogP contribution in [-0.2, 0) is 23.7 Å². The molecule has 0 bridgehead atoms. The topological polar surface area (TPSA) is 74.2 Å². The average Bonchev–Trinajstić information content (AvgIpc) is 3.43. The van der Waals surface area contributed by atoms with Crippen molar-refractivity contribution in [2.75, 3.05) is 33.0 Å². The molecule has 0 spiro atoms. The second kappa shape index (κ2) is 67.0. The van der Waals surface area contributed by atoms with Crippen molar-refractivity contribution in [3.63, 3.8) is 0 Å². The Labute approximate surface area is 477 Å². The number of unbranched alkanes of at least 4 members (excludes halogenated alkanes) is 52. The monoisotopic (exact) mass is 1080 g/mol. The lowest BCUT2D eigenvalue weighted by Crippen LogP contribution is -2.51. The molecule has 0 radical (unpaired) electrons. The minimum atomic E-state index is -0.897. The van der Waals surface area contributed by atoms with Gasteiger partial charge in [0.15, 0.2) is 6.29 Å². The Hall–Kier alpha value is -0.530. The highest BCUT2D eigenvalue weighted by molar-refractivity contribution is 5.57. The molecule has 4 atom stereocenters. The molecular weight excluding hydrogens is 937 g/mol. The number of hydrogen-bond donors (Lipinski definition) is 1. The van der Waals surface area contributed by atoms with E-state index in [1.165, 1.54) is 308 Å². The number of aliphatic hydroxyl groups is 1. The van der Waals surface area contributed by atoms with Crippen molar-refractivity contribution in [2.24, 2.45) is 0 Å². The number of carbonyl (C=O) groups is 1. The minimum Gasteiger partial charge on any atom is -0.388 e. The van der Waals surface area contributed by atoms with E-state index in [2.05, 4.69) is 27.7 Å². The fourth-order valence-electron chi connectivity index (χ4n) is 11.3. The smallest absolute Gasteiger partial charge is 0.151 e. The first-order valence-corrected chi connectivity index (χ1v) is 35.2. The van der Waals surface area contributed by atoms with Crippen molar-refractivity contribution in [2.45, 2.75) is 412 Å². The molecule has 0 aliphatic rings. The highest BCUT2D eigenvalue weighted by Gasteiger charge is 2.37. The molecule has 0 aromatic heterocycles. The van der Waals surface area contributed by atoms with E-state index in [0.717, 1.165) is 57.7 Å². The molecular formula is C70H140O6. The number of carbonyl (C=O) groups excluding carboxylic acids is 1. The Morgan fingerprint density at radius 3 is 0.697 bits per heavy atom. The molecule has 0 aliphatic carbocycles. The third kappa shape index (κ3) is 56.7. The van der Waals surface area contributed by atoms with Crippen molar-refractivity contribution in [3.8, 4) is 0 Å². The highest BCUT2D eigenvalue weighted by atomic mass is 16.6. The summed E-state index contributed by atoms with van der Waals surface area (Å²) < 4.78 is 25.9. The van der Waals surface area contributed by atoms with Crippen molar-refractivity contribution >= 4 is 6.29 Å². The van der Waals surface area contributed by atoms with Crippen molar-refractivity contribution in [3.05, 3.63) is 0 Å². The summed E-state index contributed by atoms with van der Waals surface area (Å²) >= 11 is 0. The van der Waals surface area contributed by atoms with Crippen LogP contribution in [0.1, 0.15) is 387 Å². The van der Waals surface area contributed by atoms with Gasteiger partial charge >= 0.3 is 0 Å². The van der Waals surface area contributed by atoms with Crippen LogP contribution in [-0.4, -0.2) is 68.8 Å². The summed E-state index contributed by atoms with van der Waals surface area (Å²) in [7, 11) is 0. The number of aldehydes is 1. The number of rotatable bonds is 69. The number of hydrogen-bond acceptors (Lipinski definition) is 6. The molecule has 0 amide bonds. The molecule has 0 aromatic carbocycles. The third-order valence-electron chi connectivity index (χ3n) is 16.5. The van der Waals surface area contributed by atoms with Crippen LogP contribution in [0.2, 0.25) is 0 Å². The summed E-state index contributed by atoms with van der Waals surface area (Å²) in [4.78, 5) is 13.0. The van der Waals surface area contributed by atoms with E-state index in [-0.39, 0.29) is 6.61 Å². The van der Waals surface area contributed by atoms with Crippen LogP contribution >= 0.6 is 0 Å². The first-order chi connectivity index (χ1) is 37.7. The maximum absolute atomic E-state index is 13.0. The van der Waals surface area contributed by atoms with Gasteiger partial charge in [0, 0.05) is 26.4 Å². The van der Waals surface area contributed by atoms with Crippen molar-refractivity contribution < 1.29 is 28.8 Å². The third-order valence-corrected chi connectivity index (χ3v) is 16.5. The molecule has 76 heavy (non-hydrogen) atoms. The van der Waals surface area contributed by atoms with Gasteiger partial charge in [-0.3, -0.25) is 0 Å². The van der Waals surface area contributed by atoms with Crippen LogP contribution in [0.5, 0.6) is 0 Å². The van der Waals surface area contributed by atoms with Crippen LogP contribution in [0.15, 0.2) is 0 Å².